The van der Waals surface area contributed by atoms with Crippen LogP contribution in [0, 0.1) is 6.92 Å². The molecule has 2 aliphatic heterocycles. The smallest absolute Gasteiger partial charge is 0.145 e. The van der Waals surface area contributed by atoms with Gasteiger partial charge < -0.3 is 5.43 Å². The Hall–Kier alpha value is -1.24. The molecular formula is C14H24N6. The molecule has 2 fully saturated rings. The van der Waals surface area contributed by atoms with E-state index in [-0.39, 0.29) is 0 Å². The number of hydrogen-bond donors (Lipinski definition) is 2. The number of piperazine rings is 1. The third-order valence-corrected chi connectivity index (χ3v) is 4.33. The van der Waals surface area contributed by atoms with Crippen LogP contribution in [0.4, 0.5) is 5.82 Å². The van der Waals surface area contributed by atoms with Crippen molar-refractivity contribution in [1.82, 2.24) is 19.8 Å². The van der Waals surface area contributed by atoms with Crippen molar-refractivity contribution in [2.24, 2.45) is 5.84 Å². The molecule has 0 spiro atoms. The van der Waals surface area contributed by atoms with Crippen LogP contribution in [0.2, 0.25) is 0 Å². The van der Waals surface area contributed by atoms with Gasteiger partial charge in [-0.3, -0.25) is 9.80 Å². The first-order chi connectivity index (χ1) is 9.74. The summed E-state index contributed by atoms with van der Waals surface area (Å²) in [7, 11) is 0. The number of hydrogen-bond acceptors (Lipinski definition) is 6. The van der Waals surface area contributed by atoms with E-state index in [4.69, 9.17) is 5.84 Å². The average molecular weight is 276 g/mol. The second-order valence-corrected chi connectivity index (χ2v) is 5.88. The summed E-state index contributed by atoms with van der Waals surface area (Å²) in [5.74, 6) is 7.01. The predicted molar refractivity (Wildman–Crippen MR) is 79.1 cm³/mol. The van der Waals surface area contributed by atoms with Gasteiger partial charge in [-0.15, -0.1) is 0 Å². The number of nitrogens with one attached hydrogen (secondary N) is 1. The summed E-state index contributed by atoms with van der Waals surface area (Å²) < 4.78 is 0. The monoisotopic (exact) mass is 276 g/mol. The van der Waals surface area contributed by atoms with Gasteiger partial charge in [0.15, 0.2) is 0 Å². The van der Waals surface area contributed by atoms with E-state index in [1.165, 1.54) is 32.4 Å². The summed E-state index contributed by atoms with van der Waals surface area (Å²) in [6, 6.07) is 2.59. The van der Waals surface area contributed by atoms with Crippen LogP contribution in [-0.4, -0.2) is 52.0 Å². The molecular weight excluding hydrogens is 252 g/mol. The predicted octanol–water partition coefficient (Wildman–Crippen LogP) is 0.741. The average Bonchev–Trinajstić information content (AvgIpc) is 2.46. The van der Waals surface area contributed by atoms with Gasteiger partial charge >= 0.3 is 0 Å². The highest BCUT2D eigenvalue weighted by Gasteiger charge is 2.29. The summed E-state index contributed by atoms with van der Waals surface area (Å²) in [5.41, 5.74) is 3.57. The second kappa shape index (κ2) is 6.03. The van der Waals surface area contributed by atoms with Gasteiger partial charge in [-0.2, -0.15) is 0 Å². The first kappa shape index (κ1) is 13.7. The minimum absolute atomic E-state index is 0.698. The molecule has 2 saturated heterocycles. The standard InChI is InChI=1S/C14H24N6/c1-11-8-13(18-15)17-14(16-11)10-19-6-7-20-5-3-2-4-12(20)9-19/h8,12H,2-7,9-10,15H2,1H3,(H,16,17,18). The SMILES string of the molecule is Cc1cc(NN)nc(CN2CCN3CCCCC3C2)n1. The van der Waals surface area contributed by atoms with Gasteiger partial charge in [0.05, 0.1) is 6.54 Å². The van der Waals surface area contributed by atoms with E-state index >= 15 is 0 Å². The maximum atomic E-state index is 5.45. The molecule has 1 aromatic heterocycles. The number of nitrogens with zero attached hydrogens (tertiary/aromatic N) is 4. The molecule has 1 unspecified atom stereocenters. The fraction of sp³-hybridized carbons (Fsp3) is 0.714. The number of anilines is 1. The highest BCUT2D eigenvalue weighted by Crippen LogP contribution is 2.21. The highest BCUT2D eigenvalue weighted by molar-refractivity contribution is 5.33. The third-order valence-electron chi connectivity index (χ3n) is 4.33. The maximum Gasteiger partial charge on any atom is 0.145 e. The third kappa shape index (κ3) is 3.08. The molecule has 3 N–H and O–H groups in total. The molecule has 0 radical (unpaired) electrons. The van der Waals surface area contributed by atoms with E-state index in [1.807, 2.05) is 13.0 Å². The van der Waals surface area contributed by atoms with Crippen LogP contribution in [-0.2, 0) is 6.54 Å². The molecule has 110 valence electrons. The quantitative estimate of drug-likeness (QED) is 0.627. The van der Waals surface area contributed by atoms with E-state index in [2.05, 4.69) is 25.2 Å². The molecule has 0 aliphatic carbocycles. The van der Waals surface area contributed by atoms with Crippen LogP contribution in [0.25, 0.3) is 0 Å². The van der Waals surface area contributed by atoms with E-state index < -0.39 is 0 Å². The molecule has 3 rings (SSSR count). The molecule has 1 atom stereocenters. The fourth-order valence-corrected chi connectivity index (χ4v) is 3.34. The number of rotatable bonds is 3. The Morgan fingerprint density at radius 2 is 2.20 bits per heavy atom. The van der Waals surface area contributed by atoms with E-state index in [1.54, 1.807) is 0 Å². The summed E-state index contributed by atoms with van der Waals surface area (Å²) in [5, 5.41) is 0. The topological polar surface area (TPSA) is 70.3 Å². The highest BCUT2D eigenvalue weighted by atomic mass is 15.3. The largest absolute Gasteiger partial charge is 0.308 e. The number of piperidine rings is 1. The van der Waals surface area contributed by atoms with Crippen molar-refractivity contribution in [2.45, 2.75) is 38.8 Å². The van der Waals surface area contributed by atoms with E-state index in [0.29, 0.717) is 5.82 Å². The lowest BCUT2D eigenvalue weighted by Gasteiger charge is -2.43. The van der Waals surface area contributed by atoms with Crippen molar-refractivity contribution in [3.63, 3.8) is 0 Å². The molecule has 2 aliphatic rings. The van der Waals surface area contributed by atoms with Crippen LogP contribution in [0.1, 0.15) is 30.8 Å². The Balaban J connectivity index is 1.64. The molecule has 0 saturated carbocycles. The van der Waals surface area contributed by atoms with Crippen LogP contribution < -0.4 is 11.3 Å². The normalized spacial score (nSPS) is 24.4. The first-order valence-corrected chi connectivity index (χ1v) is 7.52. The van der Waals surface area contributed by atoms with Gasteiger partial charge in [-0.1, -0.05) is 6.42 Å². The van der Waals surface area contributed by atoms with Crippen LogP contribution in [0.15, 0.2) is 6.07 Å². The zero-order valence-electron chi connectivity index (χ0n) is 12.2. The van der Waals surface area contributed by atoms with Crippen molar-refractivity contribution in [3.8, 4) is 0 Å². The van der Waals surface area contributed by atoms with Gasteiger partial charge in [-0.25, -0.2) is 15.8 Å². The Bertz CT molecular complexity index is 463. The van der Waals surface area contributed by atoms with Gasteiger partial charge in [0, 0.05) is 37.4 Å². The van der Waals surface area contributed by atoms with Gasteiger partial charge in [0.2, 0.25) is 0 Å². The van der Waals surface area contributed by atoms with Crippen molar-refractivity contribution < 1.29 is 0 Å². The molecule has 6 nitrogen and oxygen atoms in total. The molecule has 0 bridgehead atoms. The summed E-state index contributed by atoms with van der Waals surface area (Å²) in [4.78, 5) is 14.1. The Labute approximate surface area is 120 Å². The summed E-state index contributed by atoms with van der Waals surface area (Å²) in [6.07, 6.45) is 4.07. The van der Waals surface area contributed by atoms with Crippen molar-refractivity contribution in [2.75, 3.05) is 31.6 Å². The zero-order valence-corrected chi connectivity index (χ0v) is 12.2. The number of nitrogen functional groups attached to an aromatic ring is 1. The number of nitrogens with two attached hydrogens (primary N) is 1. The van der Waals surface area contributed by atoms with Crippen LogP contribution in [0.3, 0.4) is 0 Å². The summed E-state index contributed by atoms with van der Waals surface area (Å²) >= 11 is 0. The first-order valence-electron chi connectivity index (χ1n) is 7.52. The number of aromatic nitrogens is 2. The minimum atomic E-state index is 0.698. The molecule has 20 heavy (non-hydrogen) atoms. The van der Waals surface area contributed by atoms with E-state index in [9.17, 15) is 0 Å². The second-order valence-electron chi connectivity index (χ2n) is 5.88. The molecule has 0 aromatic carbocycles. The van der Waals surface area contributed by atoms with Gasteiger partial charge in [0.1, 0.15) is 11.6 Å². The minimum Gasteiger partial charge on any atom is -0.308 e. The van der Waals surface area contributed by atoms with Gasteiger partial charge in [-0.05, 0) is 26.3 Å². The molecule has 0 amide bonds. The number of hydrazine groups is 1. The molecule has 3 heterocycles. The lowest BCUT2D eigenvalue weighted by Crippen LogP contribution is -2.54. The fourth-order valence-electron chi connectivity index (χ4n) is 3.34. The molecule has 1 aromatic rings. The van der Waals surface area contributed by atoms with Crippen molar-refractivity contribution in [3.05, 3.63) is 17.6 Å². The number of fused-ring (bicyclic) bond motifs is 1. The Morgan fingerprint density at radius 3 is 3.05 bits per heavy atom. The zero-order chi connectivity index (χ0) is 13.9. The Kier molecular flexibility index (Phi) is 4.14. The van der Waals surface area contributed by atoms with Gasteiger partial charge in [0.25, 0.3) is 0 Å². The van der Waals surface area contributed by atoms with Crippen molar-refractivity contribution >= 4 is 5.82 Å². The lowest BCUT2D eigenvalue weighted by atomic mass is 9.99. The molecule has 6 heteroatoms. The van der Waals surface area contributed by atoms with Crippen LogP contribution >= 0.6 is 0 Å². The van der Waals surface area contributed by atoms with Crippen molar-refractivity contribution in [1.29, 1.82) is 0 Å². The number of aryl methyl sites for hydroxylation is 1. The lowest BCUT2D eigenvalue weighted by molar-refractivity contribution is 0.0445. The Morgan fingerprint density at radius 1 is 1.30 bits per heavy atom. The maximum absolute atomic E-state index is 5.45. The summed E-state index contributed by atoms with van der Waals surface area (Å²) in [6.45, 7) is 7.51. The van der Waals surface area contributed by atoms with Crippen LogP contribution in [0.5, 0.6) is 0 Å². The van der Waals surface area contributed by atoms with E-state index in [0.717, 1.165) is 37.2 Å².